The minimum Gasteiger partial charge on any atom is -0.493 e. The molecule has 44 heavy (non-hydrogen) atoms. The lowest BCUT2D eigenvalue weighted by atomic mass is 10.2. The first-order valence-corrected chi connectivity index (χ1v) is 16.4. The number of nitrogens with one attached hydrogen (secondary N) is 1. The Kier molecular flexibility index (Phi) is 11.2. The van der Waals surface area contributed by atoms with Crippen molar-refractivity contribution < 1.29 is 22.7 Å². The minimum atomic E-state index is -4.12. The minimum absolute atomic E-state index is 0.0383. The largest absolute Gasteiger partial charge is 0.493 e. The van der Waals surface area contributed by atoms with E-state index in [1.54, 1.807) is 61.5 Å². The molecule has 0 saturated carbocycles. The Morgan fingerprint density at radius 3 is 2.34 bits per heavy atom. The van der Waals surface area contributed by atoms with Crippen LogP contribution in [0.5, 0.6) is 11.5 Å². The van der Waals surface area contributed by atoms with Crippen LogP contribution in [0.4, 0.5) is 5.69 Å². The van der Waals surface area contributed by atoms with Crippen molar-refractivity contribution in [2.24, 2.45) is 5.10 Å². The Labute approximate surface area is 279 Å². The van der Waals surface area contributed by atoms with Gasteiger partial charge in [-0.15, -0.1) is 0 Å². The third kappa shape index (κ3) is 8.25. The number of aryl methyl sites for hydroxylation is 2. The number of rotatable bonds is 11. The third-order valence-corrected chi connectivity index (χ3v) is 9.56. The molecular formula is C31H27BrCl3N3O5S. The molecule has 4 aromatic rings. The lowest BCUT2D eigenvalue weighted by Gasteiger charge is -2.25. The molecule has 0 spiro atoms. The van der Waals surface area contributed by atoms with Crippen LogP contribution < -0.4 is 19.2 Å². The van der Waals surface area contributed by atoms with Gasteiger partial charge in [0, 0.05) is 20.6 Å². The summed E-state index contributed by atoms with van der Waals surface area (Å²) in [6.07, 6.45) is 1.40. The number of carbonyl (C=O) groups is 1. The molecular weight excluding hydrogens is 713 g/mol. The van der Waals surface area contributed by atoms with Gasteiger partial charge in [0.05, 0.1) is 28.4 Å². The molecule has 4 aromatic carbocycles. The monoisotopic (exact) mass is 737 g/mol. The van der Waals surface area contributed by atoms with Crippen molar-refractivity contribution in [1.29, 1.82) is 0 Å². The summed E-state index contributed by atoms with van der Waals surface area (Å²) in [7, 11) is -2.63. The van der Waals surface area contributed by atoms with Gasteiger partial charge in [0.15, 0.2) is 11.5 Å². The van der Waals surface area contributed by atoms with Gasteiger partial charge < -0.3 is 9.47 Å². The Hall–Kier alpha value is -3.28. The molecule has 1 N–H and O–H groups in total. The van der Waals surface area contributed by atoms with E-state index in [0.717, 1.165) is 15.4 Å². The van der Waals surface area contributed by atoms with E-state index in [2.05, 4.69) is 26.5 Å². The first kappa shape index (κ1) is 33.6. The number of amides is 1. The van der Waals surface area contributed by atoms with Crippen LogP contribution in [0, 0.1) is 13.8 Å². The number of nitrogens with zero attached hydrogens (tertiary/aromatic N) is 2. The number of ether oxygens (including phenoxy) is 2. The second-order valence-corrected chi connectivity index (χ2v) is 13.6. The predicted octanol–water partition coefficient (Wildman–Crippen LogP) is 7.96. The molecule has 0 radical (unpaired) electrons. The quantitative estimate of drug-likeness (QED) is 0.124. The van der Waals surface area contributed by atoms with Crippen LogP contribution in [0.3, 0.4) is 0 Å². The van der Waals surface area contributed by atoms with Gasteiger partial charge in [0.25, 0.3) is 15.9 Å². The van der Waals surface area contributed by atoms with Crippen LogP contribution in [0.1, 0.15) is 22.3 Å². The summed E-state index contributed by atoms with van der Waals surface area (Å²) in [4.78, 5) is 13.1. The maximum absolute atomic E-state index is 13.7. The zero-order valence-corrected chi connectivity index (χ0v) is 28.4. The van der Waals surface area contributed by atoms with Crippen molar-refractivity contribution in [3.05, 3.63) is 115 Å². The van der Waals surface area contributed by atoms with Crippen molar-refractivity contribution in [1.82, 2.24) is 5.43 Å². The molecule has 4 rings (SSSR count). The molecule has 0 aliphatic rings. The van der Waals surface area contributed by atoms with Gasteiger partial charge in [-0.2, -0.15) is 5.10 Å². The topological polar surface area (TPSA) is 97.3 Å². The normalized spacial score (nSPS) is 11.4. The van der Waals surface area contributed by atoms with Gasteiger partial charge in [-0.3, -0.25) is 9.10 Å². The van der Waals surface area contributed by atoms with Crippen molar-refractivity contribution in [2.45, 2.75) is 25.3 Å². The molecule has 0 fully saturated rings. The van der Waals surface area contributed by atoms with Gasteiger partial charge in [-0.05, 0) is 89.4 Å². The highest BCUT2D eigenvalue weighted by Gasteiger charge is 2.28. The molecule has 13 heteroatoms. The predicted molar refractivity (Wildman–Crippen MR) is 179 cm³/mol. The van der Waals surface area contributed by atoms with E-state index in [-0.39, 0.29) is 17.2 Å². The van der Waals surface area contributed by atoms with Crippen LogP contribution in [-0.2, 0) is 21.4 Å². The van der Waals surface area contributed by atoms with Crippen molar-refractivity contribution in [3.63, 3.8) is 0 Å². The molecule has 1 amide bonds. The molecule has 230 valence electrons. The van der Waals surface area contributed by atoms with Crippen LogP contribution in [-0.4, -0.2) is 34.2 Å². The maximum Gasteiger partial charge on any atom is 0.264 e. The van der Waals surface area contributed by atoms with Crippen molar-refractivity contribution in [3.8, 4) is 11.5 Å². The van der Waals surface area contributed by atoms with Crippen LogP contribution >= 0.6 is 50.7 Å². The zero-order valence-electron chi connectivity index (χ0n) is 23.8. The molecule has 0 aromatic heterocycles. The smallest absolute Gasteiger partial charge is 0.264 e. The summed E-state index contributed by atoms with van der Waals surface area (Å²) in [6, 6.07) is 19.7. The van der Waals surface area contributed by atoms with E-state index >= 15 is 0 Å². The van der Waals surface area contributed by atoms with Crippen molar-refractivity contribution in [2.75, 3.05) is 18.0 Å². The Morgan fingerprint density at radius 1 is 0.977 bits per heavy atom. The zero-order chi connectivity index (χ0) is 32.0. The summed E-state index contributed by atoms with van der Waals surface area (Å²) in [5.74, 6) is 0.180. The molecule has 0 heterocycles. The number of carbonyl (C=O) groups excluding carboxylic acids is 1. The van der Waals surface area contributed by atoms with E-state index in [4.69, 9.17) is 44.3 Å². The van der Waals surface area contributed by atoms with Crippen LogP contribution in [0.25, 0.3) is 0 Å². The van der Waals surface area contributed by atoms with E-state index in [9.17, 15) is 13.2 Å². The maximum atomic E-state index is 13.7. The Morgan fingerprint density at radius 2 is 1.66 bits per heavy atom. The molecule has 0 atom stereocenters. The van der Waals surface area contributed by atoms with E-state index in [1.807, 2.05) is 6.92 Å². The highest BCUT2D eigenvalue weighted by atomic mass is 79.9. The van der Waals surface area contributed by atoms with Gasteiger partial charge >= 0.3 is 0 Å². The van der Waals surface area contributed by atoms with Crippen molar-refractivity contribution >= 4 is 78.6 Å². The number of sulfonamides is 1. The number of methoxy groups -OCH3 is 1. The standard InChI is InChI=1S/C31H27BrCl3N3O5S/c1-19-4-10-25(11-5-19)44(40,41)38(28-15-24(34)8-6-20(28)2)17-30(39)37-36-16-21-12-26(32)31(29(13-21)42-3)43-18-22-7-9-23(33)14-27(22)35/h4-16H,17-18H2,1-3H3,(H,37,39)/b36-16-. The number of benzene rings is 4. The first-order valence-electron chi connectivity index (χ1n) is 13.0. The van der Waals surface area contributed by atoms with E-state index in [1.165, 1.54) is 31.5 Å². The fraction of sp³-hybridized carbons (Fsp3) is 0.161. The number of hydrogen-bond acceptors (Lipinski definition) is 6. The average Bonchev–Trinajstić information content (AvgIpc) is 2.97. The van der Waals surface area contributed by atoms with Gasteiger partial charge in [0.1, 0.15) is 13.2 Å². The molecule has 0 bridgehead atoms. The molecule has 0 aliphatic heterocycles. The Balaban J connectivity index is 1.51. The first-order chi connectivity index (χ1) is 20.9. The fourth-order valence-electron chi connectivity index (χ4n) is 4.08. The highest BCUT2D eigenvalue weighted by molar-refractivity contribution is 9.10. The summed E-state index contributed by atoms with van der Waals surface area (Å²) >= 11 is 21.9. The number of hydrogen-bond donors (Lipinski definition) is 1. The summed E-state index contributed by atoms with van der Waals surface area (Å²) in [6.45, 7) is 3.22. The number of halogens is 4. The third-order valence-electron chi connectivity index (χ3n) is 6.38. The Bertz CT molecular complexity index is 1820. The van der Waals surface area contributed by atoms with Crippen LogP contribution in [0.2, 0.25) is 15.1 Å². The molecule has 0 unspecified atom stereocenters. The van der Waals surface area contributed by atoms with E-state index < -0.39 is 22.5 Å². The lowest BCUT2D eigenvalue weighted by Crippen LogP contribution is -2.40. The molecule has 8 nitrogen and oxygen atoms in total. The van der Waals surface area contributed by atoms with Gasteiger partial charge in [-0.1, -0.05) is 64.6 Å². The average molecular weight is 740 g/mol. The molecule has 0 aliphatic carbocycles. The summed E-state index contributed by atoms with van der Waals surface area (Å²) in [5.41, 5.74) is 5.52. The van der Waals surface area contributed by atoms with E-state index in [0.29, 0.717) is 42.2 Å². The van der Waals surface area contributed by atoms with Gasteiger partial charge in [0.2, 0.25) is 0 Å². The fourth-order valence-corrected chi connectivity index (χ4v) is 6.76. The van der Waals surface area contributed by atoms with Crippen LogP contribution in [0.15, 0.2) is 87.3 Å². The molecule has 0 saturated heterocycles. The lowest BCUT2D eigenvalue weighted by molar-refractivity contribution is -0.119. The second kappa shape index (κ2) is 14.7. The number of hydrazone groups is 1. The highest BCUT2D eigenvalue weighted by Crippen LogP contribution is 2.37. The second-order valence-electron chi connectivity index (χ2n) is 9.61. The van der Waals surface area contributed by atoms with Gasteiger partial charge in [-0.25, -0.2) is 13.8 Å². The summed E-state index contributed by atoms with van der Waals surface area (Å²) < 4.78 is 40.4. The summed E-state index contributed by atoms with van der Waals surface area (Å²) in [5, 5.41) is 5.36. The number of anilines is 1. The SMILES string of the molecule is COc1cc(/C=N\NC(=O)CN(c2cc(Cl)ccc2C)S(=O)(=O)c2ccc(C)cc2)cc(Br)c1OCc1ccc(Cl)cc1Cl.